The minimum Gasteiger partial charge on any atom is -0.377 e. The molecular weight excluding hydrogens is 302 g/mol. The van der Waals surface area contributed by atoms with Crippen LogP contribution in [0.4, 0.5) is 0 Å². The third-order valence-corrected chi connectivity index (χ3v) is 4.17. The van der Waals surface area contributed by atoms with E-state index in [2.05, 4.69) is 5.10 Å². The second kappa shape index (κ2) is 6.50. The summed E-state index contributed by atoms with van der Waals surface area (Å²) in [6.07, 6.45) is 3.38. The van der Waals surface area contributed by atoms with Crippen molar-refractivity contribution in [2.75, 3.05) is 19.8 Å². The number of amides is 1. The Hall–Kier alpha value is -1.85. The molecule has 0 unspecified atom stereocenters. The number of aromatic nitrogens is 2. The highest BCUT2D eigenvalue weighted by Gasteiger charge is 2.25. The smallest absolute Gasteiger partial charge is 0.257 e. The zero-order valence-electron chi connectivity index (χ0n) is 12.4. The molecule has 1 saturated heterocycles. The molecule has 1 aromatic carbocycles. The highest BCUT2D eigenvalue weighted by molar-refractivity contribution is 6.31. The number of morpholine rings is 1. The Labute approximate surface area is 134 Å². The van der Waals surface area contributed by atoms with Crippen molar-refractivity contribution in [3.05, 3.63) is 52.8 Å². The standard InChI is InChI=1S/C16H18ClN3O2/c1-12-11-22-7-6-20(12)16(21)14-8-18-19(10-14)9-13-4-2-3-5-15(13)17/h2-5,8,10,12H,6-7,9,11H2,1H3/t12-/m0/s1. The van der Waals surface area contributed by atoms with Gasteiger partial charge < -0.3 is 9.64 Å². The second-order valence-electron chi connectivity index (χ2n) is 5.44. The maximum absolute atomic E-state index is 12.5. The van der Waals surface area contributed by atoms with Crippen molar-refractivity contribution >= 4 is 17.5 Å². The predicted octanol–water partition coefficient (Wildman–Crippen LogP) is 2.45. The first-order chi connectivity index (χ1) is 10.6. The molecule has 1 aliphatic heterocycles. The van der Waals surface area contributed by atoms with E-state index in [4.69, 9.17) is 16.3 Å². The number of rotatable bonds is 3. The van der Waals surface area contributed by atoms with Crippen molar-refractivity contribution in [1.29, 1.82) is 0 Å². The molecule has 1 atom stereocenters. The average Bonchev–Trinajstić information content (AvgIpc) is 2.98. The third-order valence-electron chi connectivity index (χ3n) is 3.80. The quantitative estimate of drug-likeness (QED) is 0.873. The molecule has 0 N–H and O–H groups in total. The zero-order valence-corrected chi connectivity index (χ0v) is 13.2. The van der Waals surface area contributed by atoms with Crippen molar-refractivity contribution in [1.82, 2.24) is 14.7 Å². The fourth-order valence-electron chi connectivity index (χ4n) is 2.56. The van der Waals surface area contributed by atoms with Gasteiger partial charge >= 0.3 is 0 Å². The lowest BCUT2D eigenvalue weighted by atomic mass is 10.2. The lowest BCUT2D eigenvalue weighted by Crippen LogP contribution is -2.47. The summed E-state index contributed by atoms with van der Waals surface area (Å²) in [6.45, 7) is 4.33. The van der Waals surface area contributed by atoms with Gasteiger partial charge in [-0.1, -0.05) is 29.8 Å². The summed E-state index contributed by atoms with van der Waals surface area (Å²) in [5.41, 5.74) is 1.58. The van der Waals surface area contributed by atoms with Crippen molar-refractivity contribution in [3.63, 3.8) is 0 Å². The molecular formula is C16H18ClN3O2. The van der Waals surface area contributed by atoms with Crippen LogP contribution < -0.4 is 0 Å². The van der Waals surface area contributed by atoms with Gasteiger partial charge in [-0.05, 0) is 18.6 Å². The van der Waals surface area contributed by atoms with E-state index in [0.717, 1.165) is 5.56 Å². The van der Waals surface area contributed by atoms with Gasteiger partial charge in [0.15, 0.2) is 0 Å². The Kier molecular flexibility index (Phi) is 4.45. The van der Waals surface area contributed by atoms with Crippen LogP contribution in [0.1, 0.15) is 22.8 Å². The number of hydrogen-bond acceptors (Lipinski definition) is 3. The van der Waals surface area contributed by atoms with Crippen LogP contribution in [-0.2, 0) is 11.3 Å². The summed E-state index contributed by atoms with van der Waals surface area (Å²) in [6, 6.07) is 7.72. The lowest BCUT2D eigenvalue weighted by molar-refractivity contribution is 0.00359. The fraction of sp³-hybridized carbons (Fsp3) is 0.375. The molecule has 6 heteroatoms. The normalized spacial score (nSPS) is 18.5. The van der Waals surface area contributed by atoms with Crippen LogP contribution in [0, 0.1) is 0 Å². The van der Waals surface area contributed by atoms with Gasteiger partial charge in [0.2, 0.25) is 0 Å². The average molecular weight is 320 g/mol. The van der Waals surface area contributed by atoms with Gasteiger partial charge in [0.05, 0.1) is 37.6 Å². The molecule has 116 valence electrons. The minimum absolute atomic E-state index is 0.00112. The van der Waals surface area contributed by atoms with Gasteiger partial charge in [0, 0.05) is 17.8 Å². The van der Waals surface area contributed by atoms with E-state index in [1.165, 1.54) is 0 Å². The number of ether oxygens (including phenoxy) is 1. The number of nitrogens with zero attached hydrogens (tertiary/aromatic N) is 3. The van der Waals surface area contributed by atoms with Crippen molar-refractivity contribution < 1.29 is 9.53 Å². The molecule has 1 amide bonds. The molecule has 0 radical (unpaired) electrons. The molecule has 1 aliphatic rings. The lowest BCUT2D eigenvalue weighted by Gasteiger charge is -2.32. The van der Waals surface area contributed by atoms with Gasteiger partial charge in [-0.2, -0.15) is 5.10 Å². The van der Waals surface area contributed by atoms with E-state index in [-0.39, 0.29) is 11.9 Å². The first kappa shape index (κ1) is 15.1. The Morgan fingerprint density at radius 2 is 2.27 bits per heavy atom. The SMILES string of the molecule is C[C@H]1COCCN1C(=O)c1cnn(Cc2ccccc2Cl)c1. The van der Waals surface area contributed by atoms with E-state index >= 15 is 0 Å². The zero-order chi connectivity index (χ0) is 15.5. The number of benzene rings is 1. The summed E-state index contributed by atoms with van der Waals surface area (Å²) >= 11 is 6.15. The summed E-state index contributed by atoms with van der Waals surface area (Å²) < 4.78 is 7.10. The second-order valence-corrected chi connectivity index (χ2v) is 5.85. The number of carbonyl (C=O) groups excluding carboxylic acids is 1. The van der Waals surface area contributed by atoms with E-state index in [9.17, 15) is 4.79 Å². The third kappa shape index (κ3) is 3.15. The summed E-state index contributed by atoms with van der Waals surface area (Å²) in [4.78, 5) is 14.4. The van der Waals surface area contributed by atoms with E-state index < -0.39 is 0 Å². The van der Waals surface area contributed by atoms with Gasteiger partial charge in [-0.25, -0.2) is 0 Å². The maximum Gasteiger partial charge on any atom is 0.257 e. The maximum atomic E-state index is 12.5. The van der Waals surface area contributed by atoms with Crippen LogP contribution in [0.5, 0.6) is 0 Å². The molecule has 3 rings (SSSR count). The van der Waals surface area contributed by atoms with Crippen LogP contribution in [0.15, 0.2) is 36.7 Å². The molecule has 2 aromatic rings. The molecule has 0 spiro atoms. The van der Waals surface area contributed by atoms with Crippen molar-refractivity contribution in [2.24, 2.45) is 0 Å². The number of carbonyl (C=O) groups is 1. The molecule has 2 heterocycles. The van der Waals surface area contributed by atoms with Crippen molar-refractivity contribution in [3.8, 4) is 0 Å². The first-order valence-electron chi connectivity index (χ1n) is 7.29. The first-order valence-corrected chi connectivity index (χ1v) is 7.67. The Bertz CT molecular complexity index is 671. The van der Waals surface area contributed by atoms with Gasteiger partial charge in [0.1, 0.15) is 0 Å². The Morgan fingerprint density at radius 1 is 1.45 bits per heavy atom. The molecule has 0 aliphatic carbocycles. The van der Waals surface area contributed by atoms with Gasteiger partial charge in [-0.3, -0.25) is 9.48 Å². The molecule has 0 bridgehead atoms. The summed E-state index contributed by atoms with van der Waals surface area (Å²) in [5.74, 6) is 0.00112. The molecule has 1 aromatic heterocycles. The number of halogens is 1. The van der Waals surface area contributed by atoms with Crippen LogP contribution >= 0.6 is 11.6 Å². The van der Waals surface area contributed by atoms with Gasteiger partial charge in [0.25, 0.3) is 5.91 Å². The van der Waals surface area contributed by atoms with E-state index in [1.807, 2.05) is 36.1 Å². The highest BCUT2D eigenvalue weighted by atomic mass is 35.5. The summed E-state index contributed by atoms with van der Waals surface area (Å²) in [7, 11) is 0. The predicted molar refractivity (Wildman–Crippen MR) is 84.1 cm³/mol. The molecule has 0 saturated carbocycles. The summed E-state index contributed by atoms with van der Waals surface area (Å²) in [5, 5.41) is 4.97. The Balaban J connectivity index is 1.73. The molecule has 5 nitrogen and oxygen atoms in total. The minimum atomic E-state index is 0.00112. The highest BCUT2D eigenvalue weighted by Crippen LogP contribution is 2.17. The van der Waals surface area contributed by atoms with E-state index in [1.54, 1.807) is 17.1 Å². The van der Waals surface area contributed by atoms with Crippen LogP contribution in [0.3, 0.4) is 0 Å². The molecule has 22 heavy (non-hydrogen) atoms. The van der Waals surface area contributed by atoms with Crippen LogP contribution in [0.25, 0.3) is 0 Å². The van der Waals surface area contributed by atoms with E-state index in [0.29, 0.717) is 36.9 Å². The fourth-order valence-corrected chi connectivity index (χ4v) is 2.75. The monoisotopic (exact) mass is 319 g/mol. The number of hydrogen-bond donors (Lipinski definition) is 0. The van der Waals surface area contributed by atoms with Crippen LogP contribution in [-0.4, -0.2) is 46.4 Å². The van der Waals surface area contributed by atoms with Crippen LogP contribution in [0.2, 0.25) is 5.02 Å². The Morgan fingerprint density at radius 3 is 3.05 bits per heavy atom. The topological polar surface area (TPSA) is 47.4 Å². The molecule has 1 fully saturated rings. The largest absolute Gasteiger partial charge is 0.377 e. The van der Waals surface area contributed by atoms with Gasteiger partial charge in [-0.15, -0.1) is 0 Å². The van der Waals surface area contributed by atoms with Crippen molar-refractivity contribution in [2.45, 2.75) is 19.5 Å².